The Bertz CT molecular complexity index is 1430. The van der Waals surface area contributed by atoms with Crippen molar-refractivity contribution in [3.63, 3.8) is 0 Å². The van der Waals surface area contributed by atoms with Gasteiger partial charge < -0.3 is 24.4 Å². The number of rotatable bonds is 12. The lowest BCUT2D eigenvalue weighted by Crippen LogP contribution is -2.50. The van der Waals surface area contributed by atoms with Crippen molar-refractivity contribution < 1.29 is 32.2 Å². The largest absolute Gasteiger partial charge is 0.497 e. The number of benzene rings is 3. The molecule has 4 rings (SSSR count). The van der Waals surface area contributed by atoms with E-state index >= 15 is 0 Å². The van der Waals surface area contributed by atoms with Gasteiger partial charge in [-0.3, -0.25) is 9.59 Å². The number of fused-ring (bicyclic) bond motifs is 1. The fourth-order valence-corrected chi connectivity index (χ4v) is 4.95. The van der Waals surface area contributed by atoms with Crippen LogP contribution in [0.4, 0.5) is 0 Å². The maximum absolute atomic E-state index is 13.7. The smallest absolute Gasteiger partial charge is 0.242 e. The van der Waals surface area contributed by atoms with Crippen LogP contribution in [0.2, 0.25) is 0 Å². The second-order valence-electron chi connectivity index (χ2n) is 9.47. The Hall–Kier alpha value is -4.09. The molecule has 0 saturated heterocycles. The molecule has 3 aromatic rings. The Kier molecular flexibility index (Phi) is 9.28. The zero-order valence-corrected chi connectivity index (χ0v) is 23.5. The standard InChI is InChI=1S/C29H33N3O7S/c1-21(29(34)30-16-24-11-14-26-27(15-24)39-20-38-26)32(18-23-9-12-25(37-2)13-10-23)28(33)19-31(40(3,35)36)17-22-7-5-4-6-8-22/h4-15,21H,16-20H2,1-3H3,(H,30,34)/t21-/m1/s1. The molecule has 3 aromatic carbocycles. The van der Waals surface area contributed by atoms with E-state index in [-0.39, 0.29) is 32.3 Å². The summed E-state index contributed by atoms with van der Waals surface area (Å²) in [5.41, 5.74) is 2.32. The van der Waals surface area contributed by atoms with Crippen LogP contribution in [0.5, 0.6) is 17.2 Å². The van der Waals surface area contributed by atoms with Gasteiger partial charge in [0.2, 0.25) is 28.6 Å². The van der Waals surface area contributed by atoms with Crippen molar-refractivity contribution in [2.24, 2.45) is 0 Å². The normalized spacial score (nSPS) is 13.1. The van der Waals surface area contributed by atoms with Gasteiger partial charge in [-0.05, 0) is 47.9 Å². The van der Waals surface area contributed by atoms with Gasteiger partial charge in [0.25, 0.3) is 0 Å². The van der Waals surface area contributed by atoms with E-state index in [0.29, 0.717) is 17.2 Å². The Morgan fingerprint density at radius 2 is 1.57 bits per heavy atom. The molecule has 0 radical (unpaired) electrons. The first kappa shape index (κ1) is 28.9. The minimum absolute atomic E-state index is 0.0342. The predicted molar refractivity (Wildman–Crippen MR) is 149 cm³/mol. The van der Waals surface area contributed by atoms with Crippen LogP contribution in [0.15, 0.2) is 72.8 Å². The summed E-state index contributed by atoms with van der Waals surface area (Å²) in [5.74, 6) is 1.03. The van der Waals surface area contributed by atoms with Gasteiger partial charge in [0.1, 0.15) is 11.8 Å². The molecule has 0 aromatic heterocycles. The van der Waals surface area contributed by atoms with Gasteiger partial charge in [-0.2, -0.15) is 4.31 Å². The summed E-state index contributed by atoms with van der Waals surface area (Å²) < 4.78 is 42.3. The van der Waals surface area contributed by atoms with Crippen molar-refractivity contribution in [3.8, 4) is 17.2 Å². The molecule has 212 valence electrons. The number of nitrogens with zero attached hydrogens (tertiary/aromatic N) is 2. The Morgan fingerprint density at radius 3 is 2.25 bits per heavy atom. The summed E-state index contributed by atoms with van der Waals surface area (Å²) in [6.45, 7) is 1.71. The van der Waals surface area contributed by atoms with Crippen LogP contribution in [0.3, 0.4) is 0 Å². The molecule has 1 N–H and O–H groups in total. The van der Waals surface area contributed by atoms with Crippen LogP contribution >= 0.6 is 0 Å². The number of ether oxygens (including phenoxy) is 3. The maximum Gasteiger partial charge on any atom is 0.242 e. The van der Waals surface area contributed by atoms with Gasteiger partial charge in [-0.1, -0.05) is 48.5 Å². The summed E-state index contributed by atoms with van der Waals surface area (Å²) >= 11 is 0. The number of sulfonamides is 1. The molecule has 0 fully saturated rings. The topological polar surface area (TPSA) is 114 Å². The SMILES string of the molecule is COc1ccc(CN(C(=O)CN(Cc2ccccc2)S(C)(=O)=O)[C@H](C)C(=O)NCc2ccc3c(c2)OCO3)cc1. The van der Waals surface area contributed by atoms with Gasteiger partial charge in [0.05, 0.1) is 19.9 Å². The maximum atomic E-state index is 13.7. The second kappa shape index (κ2) is 12.8. The summed E-state index contributed by atoms with van der Waals surface area (Å²) in [6.07, 6.45) is 1.07. The first-order valence-electron chi connectivity index (χ1n) is 12.7. The molecule has 1 heterocycles. The predicted octanol–water partition coefficient (Wildman–Crippen LogP) is 2.92. The number of carbonyl (C=O) groups is 2. The van der Waals surface area contributed by atoms with Crippen LogP contribution in [0, 0.1) is 0 Å². The van der Waals surface area contributed by atoms with E-state index in [0.717, 1.165) is 27.3 Å². The van der Waals surface area contributed by atoms with Crippen LogP contribution in [0.25, 0.3) is 0 Å². The second-order valence-corrected chi connectivity index (χ2v) is 11.5. The molecular weight excluding hydrogens is 534 g/mol. The highest BCUT2D eigenvalue weighted by molar-refractivity contribution is 7.88. The number of amides is 2. The quantitative estimate of drug-likeness (QED) is 0.358. The fourth-order valence-electron chi connectivity index (χ4n) is 4.22. The monoisotopic (exact) mass is 567 g/mol. The Morgan fingerprint density at radius 1 is 0.925 bits per heavy atom. The average molecular weight is 568 g/mol. The molecule has 10 nitrogen and oxygen atoms in total. The average Bonchev–Trinajstić information content (AvgIpc) is 3.42. The summed E-state index contributed by atoms with van der Waals surface area (Å²) in [5, 5.41) is 2.87. The number of nitrogens with one attached hydrogen (secondary N) is 1. The number of hydrogen-bond acceptors (Lipinski definition) is 7. The zero-order chi connectivity index (χ0) is 28.7. The molecule has 1 aliphatic rings. The van der Waals surface area contributed by atoms with Crippen LogP contribution < -0.4 is 19.5 Å². The van der Waals surface area contributed by atoms with Crippen molar-refractivity contribution >= 4 is 21.8 Å². The minimum atomic E-state index is -3.72. The molecule has 0 bridgehead atoms. The third kappa shape index (κ3) is 7.51. The lowest BCUT2D eigenvalue weighted by atomic mass is 10.1. The molecule has 1 atom stereocenters. The number of carbonyl (C=O) groups excluding carboxylic acids is 2. The van der Waals surface area contributed by atoms with E-state index in [9.17, 15) is 18.0 Å². The summed E-state index contributed by atoms with van der Waals surface area (Å²) in [6, 6.07) is 20.7. The van der Waals surface area contributed by atoms with E-state index in [1.165, 1.54) is 4.90 Å². The minimum Gasteiger partial charge on any atom is -0.497 e. The molecule has 0 unspecified atom stereocenters. The number of hydrogen-bond donors (Lipinski definition) is 1. The van der Waals surface area contributed by atoms with Gasteiger partial charge in [0, 0.05) is 19.6 Å². The first-order chi connectivity index (χ1) is 19.1. The molecule has 0 spiro atoms. The fraction of sp³-hybridized carbons (Fsp3) is 0.310. The summed E-state index contributed by atoms with van der Waals surface area (Å²) in [7, 11) is -2.16. The van der Waals surface area contributed by atoms with E-state index < -0.39 is 28.5 Å². The van der Waals surface area contributed by atoms with Crippen LogP contribution in [-0.2, 0) is 39.2 Å². The highest BCUT2D eigenvalue weighted by Gasteiger charge is 2.30. The first-order valence-corrected chi connectivity index (χ1v) is 14.6. The number of methoxy groups -OCH3 is 1. The van der Waals surface area contributed by atoms with E-state index in [4.69, 9.17) is 14.2 Å². The summed E-state index contributed by atoms with van der Waals surface area (Å²) in [4.78, 5) is 28.3. The molecular formula is C29H33N3O7S. The molecule has 11 heteroatoms. The van der Waals surface area contributed by atoms with Crippen molar-refractivity contribution in [2.45, 2.75) is 32.6 Å². The molecule has 0 aliphatic carbocycles. The van der Waals surface area contributed by atoms with Gasteiger partial charge in [0.15, 0.2) is 11.5 Å². The van der Waals surface area contributed by atoms with E-state index in [1.54, 1.807) is 74.7 Å². The zero-order valence-electron chi connectivity index (χ0n) is 22.7. The third-order valence-electron chi connectivity index (χ3n) is 6.57. The van der Waals surface area contributed by atoms with Crippen LogP contribution in [0.1, 0.15) is 23.6 Å². The van der Waals surface area contributed by atoms with E-state index in [2.05, 4.69) is 5.32 Å². The highest BCUT2D eigenvalue weighted by Crippen LogP contribution is 2.32. The molecule has 40 heavy (non-hydrogen) atoms. The van der Waals surface area contributed by atoms with Gasteiger partial charge >= 0.3 is 0 Å². The lowest BCUT2D eigenvalue weighted by molar-refractivity contribution is -0.140. The molecule has 0 saturated carbocycles. The Balaban J connectivity index is 1.51. The molecule has 1 aliphatic heterocycles. The third-order valence-corrected chi connectivity index (χ3v) is 7.76. The van der Waals surface area contributed by atoms with Crippen molar-refractivity contribution in [3.05, 3.63) is 89.5 Å². The van der Waals surface area contributed by atoms with Crippen LogP contribution in [-0.4, -0.2) is 62.2 Å². The van der Waals surface area contributed by atoms with Crippen molar-refractivity contribution in [2.75, 3.05) is 26.7 Å². The van der Waals surface area contributed by atoms with Gasteiger partial charge in [-0.15, -0.1) is 0 Å². The van der Waals surface area contributed by atoms with Gasteiger partial charge in [-0.25, -0.2) is 8.42 Å². The molecule has 2 amide bonds. The highest BCUT2D eigenvalue weighted by atomic mass is 32.2. The van der Waals surface area contributed by atoms with E-state index in [1.807, 2.05) is 12.1 Å². The van der Waals surface area contributed by atoms with Crippen molar-refractivity contribution in [1.29, 1.82) is 0 Å². The Labute approximate surface area is 234 Å². The van der Waals surface area contributed by atoms with Crippen molar-refractivity contribution in [1.82, 2.24) is 14.5 Å². The lowest BCUT2D eigenvalue weighted by Gasteiger charge is -2.31.